The van der Waals surface area contributed by atoms with Crippen LogP contribution in [-0.4, -0.2) is 12.1 Å². The molecule has 0 aromatic carbocycles. The van der Waals surface area contributed by atoms with Crippen molar-refractivity contribution in [3.8, 4) is 0 Å². The minimum atomic E-state index is 0.0794. The summed E-state index contributed by atoms with van der Waals surface area (Å²) in [6.45, 7) is 15.0. The van der Waals surface area contributed by atoms with Crippen LogP contribution in [0.1, 0.15) is 164 Å². The average Bonchev–Trinajstić information content (AvgIpc) is 3.23. The Morgan fingerprint density at radius 2 is 1.50 bits per heavy atom. The van der Waals surface area contributed by atoms with Crippen LogP contribution in [0.15, 0.2) is 0 Å². The summed E-state index contributed by atoms with van der Waals surface area (Å²) in [5.74, 6) is 6.37. The summed E-state index contributed by atoms with van der Waals surface area (Å²) in [7, 11) is 0. The second-order valence-corrected chi connectivity index (χ2v) is 15.6. The van der Waals surface area contributed by atoms with E-state index in [0.29, 0.717) is 17.3 Å². The third-order valence-electron chi connectivity index (χ3n) is 12.9. The first-order chi connectivity index (χ1) is 18.2. The Hall–Kier alpha value is -0.530. The Bertz CT molecular complexity index is 744. The van der Waals surface area contributed by atoms with Gasteiger partial charge >= 0.3 is 5.97 Å². The molecule has 4 saturated carbocycles. The van der Waals surface area contributed by atoms with E-state index in [9.17, 15) is 4.79 Å². The van der Waals surface area contributed by atoms with Crippen LogP contribution >= 0.6 is 0 Å². The molecule has 4 rings (SSSR count). The van der Waals surface area contributed by atoms with Crippen LogP contribution in [-0.2, 0) is 9.53 Å². The summed E-state index contributed by atoms with van der Waals surface area (Å²) in [4.78, 5) is 12.6. The maximum absolute atomic E-state index is 12.6. The van der Waals surface area contributed by atoms with Gasteiger partial charge in [0, 0.05) is 6.42 Å². The van der Waals surface area contributed by atoms with Gasteiger partial charge in [-0.2, -0.15) is 0 Å². The Balaban J connectivity index is 1.28. The zero-order valence-electron chi connectivity index (χ0n) is 26.4. The van der Waals surface area contributed by atoms with Gasteiger partial charge in [-0.3, -0.25) is 4.79 Å². The van der Waals surface area contributed by atoms with Gasteiger partial charge in [0.25, 0.3) is 0 Å². The minimum Gasteiger partial charge on any atom is -0.462 e. The molecule has 4 fully saturated rings. The maximum atomic E-state index is 12.6. The molecule has 0 aliphatic heterocycles. The zero-order valence-corrected chi connectivity index (χ0v) is 26.4. The van der Waals surface area contributed by atoms with Gasteiger partial charge in [0.1, 0.15) is 6.10 Å². The third kappa shape index (κ3) is 6.67. The molecule has 2 heteroatoms. The third-order valence-corrected chi connectivity index (χ3v) is 12.9. The smallest absolute Gasteiger partial charge is 0.306 e. The monoisotopic (exact) mass is 528 g/mol. The van der Waals surface area contributed by atoms with Crippen LogP contribution in [0.5, 0.6) is 0 Å². The lowest BCUT2D eigenvalue weighted by Gasteiger charge is -2.61. The van der Waals surface area contributed by atoms with E-state index in [0.717, 1.165) is 60.7 Å². The lowest BCUT2D eigenvalue weighted by atomic mass is 9.44. The SMILES string of the molecule is CCCCCCCCC(=O)O[C@H]1CC[C@@]2(C)[C@@H](CC[C@@H]3[C@@H]2CC[C@]2(C)[C@@H]([C@H](C)CCCC(C)C)CC[C@@H]32)C1. The predicted molar refractivity (Wildman–Crippen MR) is 161 cm³/mol. The fourth-order valence-electron chi connectivity index (χ4n) is 10.6. The summed E-state index contributed by atoms with van der Waals surface area (Å²) in [5, 5.41) is 0. The number of hydrogen-bond donors (Lipinski definition) is 0. The van der Waals surface area contributed by atoms with Gasteiger partial charge in [0.15, 0.2) is 0 Å². The topological polar surface area (TPSA) is 26.3 Å². The van der Waals surface area contributed by atoms with Gasteiger partial charge in [-0.15, -0.1) is 0 Å². The first-order valence-corrected chi connectivity index (χ1v) is 17.4. The molecule has 0 bridgehead atoms. The number of ether oxygens (including phenoxy) is 1. The standard InChI is InChI=1S/C36H64O2/c1-7-8-9-10-11-12-16-34(37)38-29-21-23-35(5)28(25-29)17-18-30-32-20-19-31(27(4)15-13-14-26(2)3)36(32,6)24-22-33(30)35/h26-33H,7-25H2,1-6H3/t27-,28+,29+,30+,31-,32+,33+,35+,36-/m1/s1. The second-order valence-electron chi connectivity index (χ2n) is 15.6. The van der Waals surface area contributed by atoms with Gasteiger partial charge < -0.3 is 4.74 Å². The number of unbranched alkanes of at least 4 members (excludes halogenated alkanes) is 5. The van der Waals surface area contributed by atoms with Gasteiger partial charge in [0.05, 0.1) is 0 Å². The highest BCUT2D eigenvalue weighted by Gasteiger charge is 2.60. The summed E-state index contributed by atoms with van der Waals surface area (Å²) in [5.41, 5.74) is 1.07. The Kier molecular flexibility index (Phi) is 10.7. The molecule has 2 nitrogen and oxygen atoms in total. The number of esters is 1. The van der Waals surface area contributed by atoms with Crippen LogP contribution in [0, 0.1) is 52.3 Å². The summed E-state index contributed by atoms with van der Waals surface area (Å²) >= 11 is 0. The highest BCUT2D eigenvalue weighted by atomic mass is 16.5. The molecule has 0 radical (unpaired) electrons. The van der Waals surface area contributed by atoms with E-state index in [1.807, 2.05) is 0 Å². The first-order valence-electron chi connectivity index (χ1n) is 17.4. The molecule has 0 unspecified atom stereocenters. The van der Waals surface area contributed by atoms with Crippen molar-refractivity contribution in [2.45, 2.75) is 170 Å². The molecule has 38 heavy (non-hydrogen) atoms. The van der Waals surface area contributed by atoms with Crippen LogP contribution in [0.4, 0.5) is 0 Å². The molecule has 220 valence electrons. The number of rotatable bonds is 13. The fraction of sp³-hybridized carbons (Fsp3) is 0.972. The molecule has 0 aromatic rings. The highest BCUT2D eigenvalue weighted by Crippen LogP contribution is 2.68. The van der Waals surface area contributed by atoms with Gasteiger partial charge in [0.2, 0.25) is 0 Å². The maximum Gasteiger partial charge on any atom is 0.306 e. The Labute approximate surface area is 237 Å². The fourth-order valence-corrected chi connectivity index (χ4v) is 10.6. The van der Waals surface area contributed by atoms with Crippen molar-refractivity contribution in [3.05, 3.63) is 0 Å². The van der Waals surface area contributed by atoms with Gasteiger partial charge in [-0.25, -0.2) is 0 Å². The van der Waals surface area contributed by atoms with Crippen LogP contribution in [0.2, 0.25) is 0 Å². The van der Waals surface area contributed by atoms with E-state index in [1.165, 1.54) is 96.3 Å². The van der Waals surface area contributed by atoms with Gasteiger partial charge in [-0.05, 0) is 116 Å². The predicted octanol–water partition coefficient (Wildman–Crippen LogP) is 10.8. The molecule has 0 N–H and O–H groups in total. The van der Waals surface area contributed by atoms with Crippen molar-refractivity contribution >= 4 is 5.97 Å². The molecule has 4 aliphatic rings. The highest BCUT2D eigenvalue weighted by molar-refractivity contribution is 5.69. The molecular formula is C36H64O2. The first kappa shape index (κ1) is 30.4. The van der Waals surface area contributed by atoms with Crippen molar-refractivity contribution in [3.63, 3.8) is 0 Å². The molecule has 9 atom stereocenters. The Morgan fingerprint density at radius 1 is 0.789 bits per heavy atom. The quantitative estimate of drug-likeness (QED) is 0.175. The van der Waals surface area contributed by atoms with Crippen LogP contribution < -0.4 is 0 Å². The van der Waals surface area contributed by atoms with Crippen molar-refractivity contribution < 1.29 is 9.53 Å². The minimum absolute atomic E-state index is 0.0794. The molecule has 0 saturated heterocycles. The van der Waals surface area contributed by atoms with Crippen LogP contribution in [0.25, 0.3) is 0 Å². The second kappa shape index (κ2) is 13.4. The summed E-state index contributed by atoms with van der Waals surface area (Å²) in [6.07, 6.45) is 24.7. The van der Waals surface area contributed by atoms with E-state index in [-0.39, 0.29) is 12.1 Å². The van der Waals surface area contributed by atoms with E-state index in [1.54, 1.807) is 0 Å². The van der Waals surface area contributed by atoms with E-state index in [2.05, 4.69) is 41.5 Å². The molecule has 4 aliphatic carbocycles. The Morgan fingerprint density at radius 3 is 2.26 bits per heavy atom. The van der Waals surface area contributed by atoms with E-state index in [4.69, 9.17) is 4.74 Å². The molecule has 0 spiro atoms. The molecule has 0 aromatic heterocycles. The van der Waals surface area contributed by atoms with E-state index < -0.39 is 0 Å². The normalized spacial score (nSPS) is 39.3. The molecular weight excluding hydrogens is 464 g/mol. The summed E-state index contributed by atoms with van der Waals surface area (Å²) in [6, 6.07) is 0. The lowest BCUT2D eigenvalue weighted by Crippen LogP contribution is -2.54. The lowest BCUT2D eigenvalue weighted by molar-refractivity contribution is -0.162. The average molecular weight is 529 g/mol. The van der Waals surface area contributed by atoms with Crippen LogP contribution in [0.3, 0.4) is 0 Å². The summed E-state index contributed by atoms with van der Waals surface area (Å²) < 4.78 is 6.08. The number of hydrogen-bond acceptors (Lipinski definition) is 2. The number of carbonyl (C=O) groups excluding carboxylic acids is 1. The largest absolute Gasteiger partial charge is 0.462 e. The molecule has 0 heterocycles. The van der Waals surface area contributed by atoms with Crippen molar-refractivity contribution in [1.82, 2.24) is 0 Å². The molecule has 0 amide bonds. The van der Waals surface area contributed by atoms with Crippen molar-refractivity contribution in [2.24, 2.45) is 52.3 Å². The number of fused-ring (bicyclic) bond motifs is 5. The van der Waals surface area contributed by atoms with Crippen molar-refractivity contribution in [1.29, 1.82) is 0 Å². The van der Waals surface area contributed by atoms with Gasteiger partial charge in [-0.1, -0.05) is 92.9 Å². The van der Waals surface area contributed by atoms with E-state index >= 15 is 0 Å². The zero-order chi connectivity index (χ0) is 27.3. The number of carbonyl (C=O) groups is 1. The van der Waals surface area contributed by atoms with Crippen molar-refractivity contribution in [2.75, 3.05) is 0 Å².